The summed E-state index contributed by atoms with van der Waals surface area (Å²) in [4.78, 5) is 33.9. The maximum Gasteiger partial charge on any atom is 0.317 e. The highest BCUT2D eigenvalue weighted by Crippen LogP contribution is 2.40. The van der Waals surface area contributed by atoms with Crippen molar-refractivity contribution in [3.63, 3.8) is 0 Å². The molecule has 29 heavy (non-hydrogen) atoms. The third-order valence-electron chi connectivity index (χ3n) is 6.75. The Bertz CT molecular complexity index is 730. The first-order valence-corrected chi connectivity index (χ1v) is 11.1. The summed E-state index contributed by atoms with van der Waals surface area (Å²) in [6.07, 6.45) is 9.09. The van der Waals surface area contributed by atoms with E-state index in [1.807, 2.05) is 29.8 Å². The number of rotatable bonds is 4. The van der Waals surface area contributed by atoms with Gasteiger partial charge in [0.15, 0.2) is 6.10 Å². The lowest BCUT2D eigenvalue weighted by Gasteiger charge is -2.46. The highest BCUT2D eigenvalue weighted by atomic mass is 16.5. The number of hydrogen-bond acceptors (Lipinski definition) is 4. The van der Waals surface area contributed by atoms with Gasteiger partial charge in [-0.15, -0.1) is 0 Å². The lowest BCUT2D eigenvalue weighted by Crippen LogP contribution is -2.56. The first-order valence-electron chi connectivity index (χ1n) is 11.1. The Morgan fingerprint density at radius 1 is 1.24 bits per heavy atom. The van der Waals surface area contributed by atoms with E-state index in [2.05, 4.69) is 14.9 Å². The van der Waals surface area contributed by atoms with Gasteiger partial charge in [0.2, 0.25) is 0 Å². The zero-order valence-electron chi connectivity index (χ0n) is 17.6. The van der Waals surface area contributed by atoms with E-state index in [1.165, 1.54) is 12.8 Å². The second kappa shape index (κ2) is 8.34. The number of fused-ring (bicyclic) bond motifs is 2. The van der Waals surface area contributed by atoms with E-state index in [-0.39, 0.29) is 11.9 Å². The second-order valence-electron chi connectivity index (χ2n) is 8.43. The molecule has 1 saturated carbocycles. The SMILES string of the molecule is CCN(CC)C(=O)C1Cn2ccnc2C2(CCN(C(=O)NC3CCCC3)CC2)O1. The van der Waals surface area contributed by atoms with Crippen LogP contribution in [0.4, 0.5) is 4.79 Å². The van der Waals surface area contributed by atoms with Crippen molar-refractivity contribution in [2.24, 2.45) is 0 Å². The van der Waals surface area contributed by atoms with E-state index in [0.29, 0.717) is 51.6 Å². The lowest BCUT2D eigenvalue weighted by atomic mass is 9.88. The average Bonchev–Trinajstić information content (AvgIpc) is 3.41. The van der Waals surface area contributed by atoms with E-state index in [1.54, 1.807) is 6.20 Å². The Kier molecular flexibility index (Phi) is 5.81. The maximum atomic E-state index is 13.0. The van der Waals surface area contributed by atoms with Crippen LogP contribution in [0.15, 0.2) is 12.4 Å². The van der Waals surface area contributed by atoms with E-state index >= 15 is 0 Å². The van der Waals surface area contributed by atoms with Crippen LogP contribution < -0.4 is 5.32 Å². The molecule has 3 aliphatic rings. The number of ether oxygens (including phenoxy) is 1. The number of amides is 3. The molecule has 1 atom stereocenters. The van der Waals surface area contributed by atoms with Crippen molar-refractivity contribution in [2.45, 2.75) is 76.7 Å². The fraction of sp³-hybridized carbons (Fsp3) is 0.762. The van der Waals surface area contributed by atoms with Crippen molar-refractivity contribution >= 4 is 11.9 Å². The largest absolute Gasteiger partial charge is 0.352 e. The number of likely N-dealkylation sites (N-methyl/N-ethyl adjacent to an activating group) is 1. The van der Waals surface area contributed by atoms with Crippen LogP contribution >= 0.6 is 0 Å². The number of imidazole rings is 1. The van der Waals surface area contributed by atoms with E-state index in [0.717, 1.165) is 18.7 Å². The van der Waals surface area contributed by atoms with Crippen molar-refractivity contribution in [1.82, 2.24) is 24.7 Å². The Hall–Kier alpha value is -2.09. The summed E-state index contributed by atoms with van der Waals surface area (Å²) in [6, 6.07) is 0.348. The minimum atomic E-state index is -0.598. The van der Waals surface area contributed by atoms with Crippen LogP contribution in [-0.2, 0) is 21.7 Å². The summed E-state index contributed by atoms with van der Waals surface area (Å²) in [7, 11) is 0. The van der Waals surface area contributed by atoms with Gasteiger partial charge in [0.25, 0.3) is 5.91 Å². The predicted octanol–water partition coefficient (Wildman–Crippen LogP) is 2.09. The van der Waals surface area contributed by atoms with Crippen LogP contribution in [0.5, 0.6) is 0 Å². The smallest absolute Gasteiger partial charge is 0.317 e. The van der Waals surface area contributed by atoms with Gasteiger partial charge in [-0.25, -0.2) is 9.78 Å². The number of urea groups is 1. The van der Waals surface area contributed by atoms with Gasteiger partial charge in [-0.3, -0.25) is 4.79 Å². The molecule has 1 spiro atoms. The van der Waals surface area contributed by atoms with Gasteiger partial charge in [-0.2, -0.15) is 0 Å². The molecule has 2 fully saturated rings. The van der Waals surface area contributed by atoms with Crippen LogP contribution in [0.2, 0.25) is 0 Å². The number of likely N-dealkylation sites (tertiary alicyclic amines) is 1. The summed E-state index contributed by atoms with van der Waals surface area (Å²) in [5, 5.41) is 3.18. The van der Waals surface area contributed by atoms with Crippen molar-refractivity contribution < 1.29 is 14.3 Å². The molecule has 3 heterocycles. The van der Waals surface area contributed by atoms with Crippen molar-refractivity contribution in [3.8, 4) is 0 Å². The molecule has 1 aliphatic carbocycles. The molecule has 8 nitrogen and oxygen atoms in total. The molecule has 4 rings (SSSR count). The van der Waals surface area contributed by atoms with Gasteiger partial charge in [0, 0.05) is 57.5 Å². The van der Waals surface area contributed by atoms with Crippen LogP contribution in [0.1, 0.15) is 58.2 Å². The number of nitrogens with one attached hydrogen (secondary N) is 1. The molecule has 160 valence electrons. The Balaban J connectivity index is 1.46. The van der Waals surface area contributed by atoms with Crippen molar-refractivity contribution in [2.75, 3.05) is 26.2 Å². The summed E-state index contributed by atoms with van der Waals surface area (Å²) in [6.45, 7) is 7.05. The van der Waals surface area contributed by atoms with Gasteiger partial charge < -0.3 is 24.4 Å². The average molecular weight is 404 g/mol. The monoisotopic (exact) mass is 403 g/mol. The highest BCUT2D eigenvalue weighted by molar-refractivity contribution is 5.81. The summed E-state index contributed by atoms with van der Waals surface area (Å²) in [5.41, 5.74) is -0.598. The number of nitrogens with zero attached hydrogens (tertiary/aromatic N) is 4. The number of carbonyl (C=O) groups excluding carboxylic acids is 2. The van der Waals surface area contributed by atoms with Gasteiger partial charge in [-0.05, 0) is 26.7 Å². The van der Waals surface area contributed by atoms with Crippen LogP contribution in [-0.4, -0.2) is 69.6 Å². The number of carbonyl (C=O) groups is 2. The molecule has 0 bridgehead atoms. The van der Waals surface area contributed by atoms with E-state index in [4.69, 9.17) is 4.74 Å². The zero-order valence-corrected chi connectivity index (χ0v) is 17.6. The van der Waals surface area contributed by atoms with Gasteiger partial charge >= 0.3 is 6.03 Å². The minimum absolute atomic E-state index is 0.0293. The van der Waals surface area contributed by atoms with Gasteiger partial charge in [0.05, 0.1) is 6.54 Å². The van der Waals surface area contributed by atoms with Crippen molar-refractivity contribution in [1.29, 1.82) is 0 Å². The van der Waals surface area contributed by atoms with Crippen LogP contribution in [0.3, 0.4) is 0 Å². The normalized spacial score (nSPS) is 23.8. The summed E-state index contributed by atoms with van der Waals surface area (Å²) >= 11 is 0. The maximum absolute atomic E-state index is 13.0. The first-order chi connectivity index (χ1) is 14.1. The summed E-state index contributed by atoms with van der Waals surface area (Å²) in [5.74, 6) is 0.923. The molecule has 1 aromatic rings. The highest BCUT2D eigenvalue weighted by Gasteiger charge is 2.48. The molecular weight excluding hydrogens is 370 g/mol. The van der Waals surface area contributed by atoms with Crippen molar-refractivity contribution in [3.05, 3.63) is 18.2 Å². The topological polar surface area (TPSA) is 79.7 Å². The number of hydrogen-bond donors (Lipinski definition) is 1. The fourth-order valence-corrected chi connectivity index (χ4v) is 5.01. The molecule has 1 N–H and O–H groups in total. The molecule has 0 radical (unpaired) electrons. The van der Waals surface area contributed by atoms with E-state index < -0.39 is 11.7 Å². The van der Waals surface area contributed by atoms with Crippen LogP contribution in [0, 0.1) is 0 Å². The molecule has 0 aromatic carbocycles. The molecule has 1 unspecified atom stereocenters. The first kappa shape index (κ1) is 20.2. The molecule has 2 aliphatic heterocycles. The molecule has 8 heteroatoms. The summed E-state index contributed by atoms with van der Waals surface area (Å²) < 4.78 is 8.53. The quantitative estimate of drug-likeness (QED) is 0.835. The molecule has 1 saturated heterocycles. The zero-order chi connectivity index (χ0) is 20.4. The fourth-order valence-electron chi connectivity index (χ4n) is 5.01. The Morgan fingerprint density at radius 2 is 1.93 bits per heavy atom. The molecule has 3 amide bonds. The van der Waals surface area contributed by atoms with Gasteiger partial charge in [-0.1, -0.05) is 12.8 Å². The molecular formula is C21H33N5O3. The standard InChI is InChI=1S/C21H33N5O3/c1-3-24(4-2)18(27)17-15-26-14-11-22-19(26)21(29-17)9-12-25(13-10-21)20(28)23-16-7-5-6-8-16/h11,14,16-17H,3-10,12-13,15H2,1-2H3,(H,23,28). The number of piperidine rings is 1. The van der Waals surface area contributed by atoms with Gasteiger partial charge in [0.1, 0.15) is 11.4 Å². The second-order valence-corrected chi connectivity index (χ2v) is 8.43. The minimum Gasteiger partial charge on any atom is -0.352 e. The Morgan fingerprint density at radius 3 is 2.59 bits per heavy atom. The number of aromatic nitrogens is 2. The molecule has 1 aromatic heterocycles. The Labute approximate surface area is 172 Å². The third-order valence-corrected chi connectivity index (χ3v) is 6.75. The van der Waals surface area contributed by atoms with E-state index in [9.17, 15) is 9.59 Å². The third kappa shape index (κ3) is 3.86. The predicted molar refractivity (Wildman–Crippen MR) is 108 cm³/mol. The lowest BCUT2D eigenvalue weighted by molar-refractivity contribution is -0.179. The van der Waals surface area contributed by atoms with Crippen LogP contribution in [0.25, 0.3) is 0 Å².